The number of anilines is 1. The predicted octanol–water partition coefficient (Wildman–Crippen LogP) is 3.58. The summed E-state index contributed by atoms with van der Waals surface area (Å²) in [7, 11) is 0. The number of aryl methyl sites for hydroxylation is 1. The van der Waals surface area contributed by atoms with Crippen molar-refractivity contribution in [3.63, 3.8) is 0 Å². The Bertz CT molecular complexity index is 1270. The highest BCUT2D eigenvalue weighted by atomic mass is 16.3. The first-order chi connectivity index (χ1) is 19.4. The van der Waals surface area contributed by atoms with E-state index in [2.05, 4.69) is 17.9 Å². The van der Waals surface area contributed by atoms with Crippen LogP contribution >= 0.6 is 0 Å². The number of β-amino-alcohol motifs (C(OH)–C–C–N with tert-alkyl or cyclic N) is 1. The number of aliphatic hydroxyl groups is 1. The maximum atomic E-state index is 13.6. The molecule has 1 aliphatic carbocycles. The maximum absolute atomic E-state index is 13.6. The molecule has 40 heavy (non-hydrogen) atoms. The highest BCUT2D eigenvalue weighted by molar-refractivity contribution is 6.03. The molecular weight excluding hydrogens is 502 g/mol. The average Bonchev–Trinajstić information content (AvgIpc) is 3.10. The Morgan fingerprint density at radius 1 is 1.10 bits per heavy atom. The fourth-order valence-corrected chi connectivity index (χ4v) is 6.76. The molecule has 1 atom stereocenters. The summed E-state index contributed by atoms with van der Waals surface area (Å²) < 4.78 is 0. The fraction of sp³-hybridized carbons (Fsp3) is 0.531. The SMILES string of the molecule is CCN1CCN(C[C@@H](O)CCc2ccccc2CN)C(=O)c2ccc(C(=O)N3CCC4(CC3)CC(C#N)C4)cc21. The van der Waals surface area contributed by atoms with E-state index < -0.39 is 6.10 Å². The Morgan fingerprint density at radius 3 is 2.48 bits per heavy atom. The summed E-state index contributed by atoms with van der Waals surface area (Å²) >= 11 is 0. The Kier molecular flexibility index (Phi) is 8.43. The lowest BCUT2D eigenvalue weighted by molar-refractivity contribution is 0.00874. The summed E-state index contributed by atoms with van der Waals surface area (Å²) in [6, 6.07) is 15.8. The molecule has 2 aromatic rings. The molecule has 0 unspecified atom stereocenters. The van der Waals surface area contributed by atoms with E-state index in [1.165, 1.54) is 0 Å². The van der Waals surface area contributed by atoms with Gasteiger partial charge in [-0.05, 0) is 80.2 Å². The number of likely N-dealkylation sites (N-methyl/N-ethyl adjacent to an activating group) is 1. The third kappa shape index (κ3) is 5.72. The number of fused-ring (bicyclic) bond motifs is 1. The molecular formula is C32H41N5O3. The molecule has 2 amide bonds. The molecule has 0 bridgehead atoms. The Labute approximate surface area is 237 Å². The van der Waals surface area contributed by atoms with Crippen molar-refractivity contribution >= 4 is 17.5 Å². The molecule has 0 aromatic heterocycles. The molecule has 8 nitrogen and oxygen atoms in total. The molecule has 2 aromatic carbocycles. The molecule has 2 aliphatic heterocycles. The van der Waals surface area contributed by atoms with Gasteiger partial charge in [0.15, 0.2) is 0 Å². The van der Waals surface area contributed by atoms with Gasteiger partial charge in [0.05, 0.1) is 23.4 Å². The van der Waals surface area contributed by atoms with Crippen molar-refractivity contribution < 1.29 is 14.7 Å². The van der Waals surface area contributed by atoms with Gasteiger partial charge in [0.25, 0.3) is 11.8 Å². The number of likely N-dealkylation sites (tertiary alicyclic amines) is 1. The molecule has 212 valence electrons. The predicted molar refractivity (Wildman–Crippen MR) is 155 cm³/mol. The lowest BCUT2D eigenvalue weighted by atomic mass is 9.58. The minimum absolute atomic E-state index is 0.00611. The van der Waals surface area contributed by atoms with Gasteiger partial charge in [-0.15, -0.1) is 0 Å². The monoisotopic (exact) mass is 543 g/mol. The van der Waals surface area contributed by atoms with Crippen LogP contribution in [0, 0.1) is 22.7 Å². The highest BCUT2D eigenvalue weighted by Gasteiger charge is 2.46. The Morgan fingerprint density at radius 2 is 1.80 bits per heavy atom. The van der Waals surface area contributed by atoms with Crippen LogP contribution in [-0.4, -0.2) is 72.1 Å². The number of carbonyl (C=O) groups excluding carboxylic acids is 2. The van der Waals surface area contributed by atoms with Crippen LogP contribution in [0.3, 0.4) is 0 Å². The molecule has 0 radical (unpaired) electrons. The second kappa shape index (κ2) is 12.0. The number of hydrogen-bond donors (Lipinski definition) is 2. The lowest BCUT2D eigenvalue weighted by Gasteiger charge is -2.50. The zero-order valence-corrected chi connectivity index (χ0v) is 23.5. The smallest absolute Gasteiger partial charge is 0.256 e. The van der Waals surface area contributed by atoms with Crippen molar-refractivity contribution in [2.75, 3.05) is 44.2 Å². The van der Waals surface area contributed by atoms with Crippen LogP contribution < -0.4 is 10.6 Å². The number of hydrogen-bond acceptors (Lipinski definition) is 6. The van der Waals surface area contributed by atoms with Gasteiger partial charge < -0.3 is 25.5 Å². The van der Waals surface area contributed by atoms with Gasteiger partial charge >= 0.3 is 0 Å². The van der Waals surface area contributed by atoms with Gasteiger partial charge in [0, 0.05) is 57.3 Å². The van der Waals surface area contributed by atoms with Crippen LogP contribution in [0.5, 0.6) is 0 Å². The first kappa shape index (κ1) is 28.1. The van der Waals surface area contributed by atoms with Crippen molar-refractivity contribution in [3.05, 3.63) is 64.7 Å². The zero-order valence-electron chi connectivity index (χ0n) is 23.5. The maximum Gasteiger partial charge on any atom is 0.256 e. The normalized spacial score (nSPS) is 19.6. The third-order valence-corrected chi connectivity index (χ3v) is 9.29. The molecule has 1 saturated heterocycles. The zero-order chi connectivity index (χ0) is 28.3. The number of amides is 2. The van der Waals surface area contributed by atoms with E-state index in [9.17, 15) is 14.7 Å². The first-order valence-electron chi connectivity index (χ1n) is 14.7. The molecule has 8 heteroatoms. The van der Waals surface area contributed by atoms with Gasteiger partial charge in [-0.2, -0.15) is 5.26 Å². The highest BCUT2D eigenvalue weighted by Crippen LogP contribution is 2.52. The number of rotatable bonds is 8. The summed E-state index contributed by atoms with van der Waals surface area (Å²) in [6.07, 6.45) is 4.44. The van der Waals surface area contributed by atoms with Gasteiger partial charge in [-0.3, -0.25) is 9.59 Å². The third-order valence-electron chi connectivity index (χ3n) is 9.29. The van der Waals surface area contributed by atoms with Crippen LogP contribution in [-0.2, 0) is 13.0 Å². The number of nitrogens with two attached hydrogens (primary N) is 1. The minimum atomic E-state index is -0.645. The second-order valence-corrected chi connectivity index (χ2v) is 11.8. The molecule has 2 fully saturated rings. The molecule has 2 heterocycles. The van der Waals surface area contributed by atoms with Crippen LogP contribution in [0.2, 0.25) is 0 Å². The standard InChI is InChI=1S/C32H41N5O3/c1-2-35-15-16-37(22-27(38)9-7-24-5-3-4-6-26(24)21-34)31(40)28-10-8-25(17-29(28)35)30(39)36-13-11-32(12-14-36)18-23(19-32)20-33/h3-6,8,10,17,23,27,38H,2,7,9,11-16,18-19,21-22,34H2,1H3/t27-/m0/s1. The van der Waals surface area contributed by atoms with E-state index in [1.807, 2.05) is 35.2 Å². The molecule has 1 saturated carbocycles. The summed E-state index contributed by atoms with van der Waals surface area (Å²) in [5.41, 5.74) is 10.3. The van der Waals surface area contributed by atoms with Crippen molar-refractivity contribution in [3.8, 4) is 6.07 Å². The Balaban J connectivity index is 1.24. The van der Waals surface area contributed by atoms with Gasteiger partial charge in [-0.1, -0.05) is 24.3 Å². The largest absolute Gasteiger partial charge is 0.391 e. The van der Waals surface area contributed by atoms with E-state index in [1.54, 1.807) is 17.0 Å². The molecule has 1 spiro atoms. The van der Waals surface area contributed by atoms with Crippen molar-refractivity contribution in [1.29, 1.82) is 5.26 Å². The quantitative estimate of drug-likeness (QED) is 0.526. The van der Waals surface area contributed by atoms with Crippen LogP contribution in [0.1, 0.15) is 70.9 Å². The number of carbonyl (C=O) groups is 2. The lowest BCUT2D eigenvalue weighted by Crippen LogP contribution is -2.48. The van der Waals surface area contributed by atoms with E-state index in [-0.39, 0.29) is 29.7 Å². The molecule has 5 rings (SSSR count). The van der Waals surface area contributed by atoms with Gasteiger partial charge in [-0.25, -0.2) is 0 Å². The second-order valence-electron chi connectivity index (χ2n) is 11.8. The molecule has 3 N–H and O–H groups in total. The Hall–Kier alpha value is -3.41. The number of aliphatic hydroxyl groups excluding tert-OH is 1. The summed E-state index contributed by atoms with van der Waals surface area (Å²) in [5, 5.41) is 20.0. The fourth-order valence-electron chi connectivity index (χ4n) is 6.76. The number of nitriles is 1. The summed E-state index contributed by atoms with van der Waals surface area (Å²) in [4.78, 5) is 32.9. The van der Waals surface area contributed by atoms with E-state index in [0.29, 0.717) is 56.7 Å². The summed E-state index contributed by atoms with van der Waals surface area (Å²) in [5.74, 6) is 0.0767. The van der Waals surface area contributed by atoms with Gasteiger partial charge in [0.2, 0.25) is 0 Å². The average molecular weight is 544 g/mol. The summed E-state index contributed by atoms with van der Waals surface area (Å²) in [6.45, 7) is 6.09. The van der Waals surface area contributed by atoms with Crippen LogP contribution in [0.15, 0.2) is 42.5 Å². The minimum Gasteiger partial charge on any atom is -0.391 e. The number of benzene rings is 2. The van der Waals surface area contributed by atoms with Crippen LogP contribution in [0.25, 0.3) is 0 Å². The van der Waals surface area contributed by atoms with Crippen molar-refractivity contribution in [2.45, 2.75) is 58.1 Å². The first-order valence-corrected chi connectivity index (χ1v) is 14.7. The molecule has 3 aliphatic rings. The van der Waals surface area contributed by atoms with E-state index in [4.69, 9.17) is 11.0 Å². The number of nitrogens with zero attached hydrogens (tertiary/aromatic N) is 4. The van der Waals surface area contributed by atoms with Crippen molar-refractivity contribution in [2.24, 2.45) is 17.1 Å². The van der Waals surface area contributed by atoms with Crippen LogP contribution in [0.4, 0.5) is 5.69 Å². The van der Waals surface area contributed by atoms with E-state index >= 15 is 0 Å². The number of piperidine rings is 1. The van der Waals surface area contributed by atoms with Crippen molar-refractivity contribution in [1.82, 2.24) is 9.80 Å². The van der Waals surface area contributed by atoms with E-state index in [0.717, 1.165) is 49.0 Å². The topological polar surface area (TPSA) is 114 Å². The van der Waals surface area contributed by atoms with Gasteiger partial charge in [0.1, 0.15) is 0 Å².